The van der Waals surface area contributed by atoms with Crippen LogP contribution in [0.5, 0.6) is 0 Å². The Balaban J connectivity index is 1.73. The Morgan fingerprint density at radius 2 is 2.50 bits per heavy atom. The highest BCUT2D eigenvalue weighted by Crippen LogP contribution is 2.26. The highest BCUT2D eigenvalue weighted by atomic mass is 32.1. The molecule has 1 aromatic heterocycles. The molecule has 2 atom stereocenters. The van der Waals surface area contributed by atoms with Crippen LogP contribution >= 0.6 is 11.3 Å². The lowest BCUT2D eigenvalue weighted by Gasteiger charge is -2.22. The zero-order chi connectivity index (χ0) is 11.4. The fourth-order valence-electron chi connectivity index (χ4n) is 2.32. The first-order valence-electron chi connectivity index (χ1n) is 5.97. The number of ether oxygens (including phenoxy) is 1. The molecule has 0 saturated carbocycles. The standard InChI is InChI=1S/C12H20N2OS/c1-9(2)12-10(3-4-15-12)5-13-6-11-7-14-8-16-11/h7-10,12-13H,3-6H2,1-2H3. The summed E-state index contributed by atoms with van der Waals surface area (Å²) in [5, 5.41) is 3.50. The maximum atomic E-state index is 5.77. The maximum Gasteiger partial charge on any atom is 0.0794 e. The third-order valence-electron chi connectivity index (χ3n) is 3.11. The molecule has 1 aliphatic heterocycles. The molecule has 4 heteroatoms. The number of thiazole rings is 1. The lowest BCUT2D eigenvalue weighted by molar-refractivity contribution is 0.0539. The van der Waals surface area contributed by atoms with E-state index in [1.54, 1.807) is 11.3 Å². The molecule has 1 aromatic rings. The first kappa shape index (κ1) is 12.0. The number of nitrogens with zero attached hydrogens (tertiary/aromatic N) is 1. The van der Waals surface area contributed by atoms with Gasteiger partial charge in [0.25, 0.3) is 0 Å². The Bertz CT molecular complexity index is 300. The minimum Gasteiger partial charge on any atom is -0.378 e. The summed E-state index contributed by atoms with van der Waals surface area (Å²) in [6, 6.07) is 0. The Morgan fingerprint density at radius 3 is 3.19 bits per heavy atom. The van der Waals surface area contributed by atoms with Gasteiger partial charge in [0.05, 0.1) is 11.6 Å². The molecule has 2 rings (SSSR count). The van der Waals surface area contributed by atoms with Gasteiger partial charge in [0.15, 0.2) is 0 Å². The number of aromatic nitrogens is 1. The molecular weight excluding hydrogens is 220 g/mol. The van der Waals surface area contributed by atoms with Gasteiger partial charge in [-0.15, -0.1) is 11.3 Å². The van der Waals surface area contributed by atoms with E-state index < -0.39 is 0 Å². The highest BCUT2D eigenvalue weighted by Gasteiger charge is 2.29. The molecule has 0 aromatic carbocycles. The van der Waals surface area contributed by atoms with Gasteiger partial charge < -0.3 is 10.1 Å². The zero-order valence-electron chi connectivity index (χ0n) is 9.98. The molecule has 2 heterocycles. The van der Waals surface area contributed by atoms with Crippen LogP contribution in [-0.2, 0) is 11.3 Å². The van der Waals surface area contributed by atoms with E-state index in [1.165, 1.54) is 11.3 Å². The predicted molar refractivity (Wildman–Crippen MR) is 66.5 cm³/mol. The number of rotatable bonds is 5. The quantitative estimate of drug-likeness (QED) is 0.857. The molecule has 1 saturated heterocycles. The molecule has 1 aliphatic rings. The molecule has 3 nitrogen and oxygen atoms in total. The maximum absolute atomic E-state index is 5.77. The fourth-order valence-corrected chi connectivity index (χ4v) is 2.89. The van der Waals surface area contributed by atoms with E-state index in [0.29, 0.717) is 17.9 Å². The van der Waals surface area contributed by atoms with Crippen molar-refractivity contribution in [3.63, 3.8) is 0 Å². The van der Waals surface area contributed by atoms with Crippen LogP contribution in [0, 0.1) is 11.8 Å². The van der Waals surface area contributed by atoms with Gasteiger partial charge in [0, 0.05) is 30.8 Å². The average Bonchev–Trinajstić information content (AvgIpc) is 2.87. The molecule has 0 spiro atoms. The summed E-state index contributed by atoms with van der Waals surface area (Å²) in [6.45, 7) is 7.40. The number of hydrogen-bond acceptors (Lipinski definition) is 4. The Hall–Kier alpha value is -0.450. The van der Waals surface area contributed by atoms with Crippen molar-refractivity contribution >= 4 is 11.3 Å². The van der Waals surface area contributed by atoms with Gasteiger partial charge in [-0.1, -0.05) is 13.8 Å². The SMILES string of the molecule is CC(C)C1OCCC1CNCc1cncs1. The van der Waals surface area contributed by atoms with Crippen molar-refractivity contribution in [1.29, 1.82) is 0 Å². The van der Waals surface area contributed by atoms with Crippen LogP contribution in [0.4, 0.5) is 0 Å². The van der Waals surface area contributed by atoms with Crippen LogP contribution in [0.15, 0.2) is 11.7 Å². The van der Waals surface area contributed by atoms with Crippen molar-refractivity contribution in [1.82, 2.24) is 10.3 Å². The largest absolute Gasteiger partial charge is 0.378 e. The molecule has 1 N–H and O–H groups in total. The molecule has 16 heavy (non-hydrogen) atoms. The molecule has 1 fully saturated rings. The van der Waals surface area contributed by atoms with Crippen LogP contribution in [0.2, 0.25) is 0 Å². The summed E-state index contributed by atoms with van der Waals surface area (Å²) in [6.07, 6.45) is 3.57. The predicted octanol–water partition coefficient (Wildman–Crippen LogP) is 2.29. The summed E-state index contributed by atoms with van der Waals surface area (Å²) < 4.78 is 5.77. The van der Waals surface area contributed by atoms with Crippen LogP contribution < -0.4 is 5.32 Å². The monoisotopic (exact) mass is 240 g/mol. The van der Waals surface area contributed by atoms with Crippen molar-refractivity contribution in [2.24, 2.45) is 11.8 Å². The normalized spacial score (nSPS) is 25.4. The van der Waals surface area contributed by atoms with Gasteiger partial charge in [-0.3, -0.25) is 4.98 Å². The summed E-state index contributed by atoms with van der Waals surface area (Å²) in [4.78, 5) is 5.38. The van der Waals surface area contributed by atoms with Gasteiger partial charge in [-0.25, -0.2) is 0 Å². The summed E-state index contributed by atoms with van der Waals surface area (Å²) in [5.41, 5.74) is 1.88. The van der Waals surface area contributed by atoms with Gasteiger partial charge in [0.1, 0.15) is 0 Å². The first-order valence-corrected chi connectivity index (χ1v) is 6.85. The second-order valence-electron chi connectivity index (χ2n) is 4.73. The van der Waals surface area contributed by atoms with E-state index >= 15 is 0 Å². The molecule has 2 unspecified atom stereocenters. The second kappa shape index (κ2) is 5.75. The Labute approximate surface area is 101 Å². The number of nitrogens with one attached hydrogen (secondary N) is 1. The summed E-state index contributed by atoms with van der Waals surface area (Å²) >= 11 is 1.71. The molecule has 0 radical (unpaired) electrons. The van der Waals surface area contributed by atoms with Crippen molar-refractivity contribution in [2.45, 2.75) is 32.9 Å². The van der Waals surface area contributed by atoms with Crippen molar-refractivity contribution in [2.75, 3.05) is 13.2 Å². The van der Waals surface area contributed by atoms with Crippen molar-refractivity contribution < 1.29 is 4.74 Å². The molecule has 0 bridgehead atoms. The fraction of sp³-hybridized carbons (Fsp3) is 0.750. The van der Waals surface area contributed by atoms with Crippen LogP contribution in [0.3, 0.4) is 0 Å². The average molecular weight is 240 g/mol. The summed E-state index contributed by atoms with van der Waals surface area (Å²) in [7, 11) is 0. The molecule has 0 amide bonds. The number of hydrogen-bond donors (Lipinski definition) is 1. The summed E-state index contributed by atoms with van der Waals surface area (Å²) in [5.74, 6) is 1.30. The second-order valence-corrected chi connectivity index (χ2v) is 5.70. The van der Waals surface area contributed by atoms with E-state index in [2.05, 4.69) is 24.1 Å². The van der Waals surface area contributed by atoms with Gasteiger partial charge in [-0.05, 0) is 18.3 Å². The van der Waals surface area contributed by atoms with E-state index in [-0.39, 0.29) is 0 Å². The van der Waals surface area contributed by atoms with Gasteiger partial charge in [0.2, 0.25) is 0 Å². The minimum atomic E-state index is 0.439. The van der Waals surface area contributed by atoms with Crippen molar-refractivity contribution in [3.8, 4) is 0 Å². The Kier molecular flexibility index (Phi) is 4.32. The highest BCUT2D eigenvalue weighted by molar-refractivity contribution is 7.09. The third kappa shape index (κ3) is 3.03. The lowest BCUT2D eigenvalue weighted by atomic mass is 9.93. The van der Waals surface area contributed by atoms with Crippen LogP contribution in [0.1, 0.15) is 25.1 Å². The first-order chi connectivity index (χ1) is 7.77. The molecule has 90 valence electrons. The topological polar surface area (TPSA) is 34.1 Å². The van der Waals surface area contributed by atoms with E-state index in [4.69, 9.17) is 4.74 Å². The van der Waals surface area contributed by atoms with E-state index in [0.717, 1.165) is 19.7 Å². The molecular formula is C12H20N2OS. The molecule has 0 aliphatic carbocycles. The van der Waals surface area contributed by atoms with Gasteiger partial charge in [-0.2, -0.15) is 0 Å². The zero-order valence-corrected chi connectivity index (χ0v) is 10.8. The van der Waals surface area contributed by atoms with Crippen molar-refractivity contribution in [3.05, 3.63) is 16.6 Å². The minimum absolute atomic E-state index is 0.439. The Morgan fingerprint density at radius 1 is 1.62 bits per heavy atom. The van der Waals surface area contributed by atoms with Crippen LogP contribution in [0.25, 0.3) is 0 Å². The third-order valence-corrected chi connectivity index (χ3v) is 3.89. The van der Waals surface area contributed by atoms with E-state index in [1.807, 2.05) is 11.7 Å². The van der Waals surface area contributed by atoms with Gasteiger partial charge >= 0.3 is 0 Å². The van der Waals surface area contributed by atoms with Crippen LogP contribution in [-0.4, -0.2) is 24.2 Å². The lowest BCUT2D eigenvalue weighted by Crippen LogP contribution is -2.31. The van der Waals surface area contributed by atoms with E-state index in [9.17, 15) is 0 Å². The smallest absolute Gasteiger partial charge is 0.0794 e.